The van der Waals surface area contributed by atoms with Crippen molar-refractivity contribution in [2.75, 3.05) is 18.1 Å². The van der Waals surface area contributed by atoms with E-state index in [9.17, 15) is 9.59 Å². The molecular formula is C25H30N2O5. The van der Waals surface area contributed by atoms with E-state index in [-0.39, 0.29) is 24.8 Å². The van der Waals surface area contributed by atoms with Crippen LogP contribution in [0.3, 0.4) is 0 Å². The van der Waals surface area contributed by atoms with Gasteiger partial charge in [0.25, 0.3) is 0 Å². The molecule has 0 atom stereocenters. The van der Waals surface area contributed by atoms with Gasteiger partial charge in [-0.15, -0.1) is 0 Å². The van der Waals surface area contributed by atoms with Crippen LogP contribution in [0.25, 0.3) is 6.08 Å². The predicted molar refractivity (Wildman–Crippen MR) is 124 cm³/mol. The van der Waals surface area contributed by atoms with Gasteiger partial charge in [-0.05, 0) is 80.1 Å². The Morgan fingerprint density at radius 1 is 0.969 bits per heavy atom. The molecule has 0 heterocycles. The zero-order valence-electron chi connectivity index (χ0n) is 18.3. The van der Waals surface area contributed by atoms with Crippen molar-refractivity contribution in [3.63, 3.8) is 0 Å². The molecular weight excluding hydrogens is 408 g/mol. The van der Waals surface area contributed by atoms with E-state index in [0.29, 0.717) is 23.5 Å². The van der Waals surface area contributed by atoms with Crippen LogP contribution in [0.1, 0.15) is 54.1 Å². The van der Waals surface area contributed by atoms with Gasteiger partial charge in [0.05, 0.1) is 11.7 Å². The van der Waals surface area contributed by atoms with E-state index in [1.54, 1.807) is 48.5 Å². The van der Waals surface area contributed by atoms with Crippen molar-refractivity contribution in [1.29, 1.82) is 0 Å². The van der Waals surface area contributed by atoms with Crippen molar-refractivity contribution in [3.05, 3.63) is 65.2 Å². The largest absolute Gasteiger partial charge is 0.459 e. The topological polar surface area (TPSA) is 114 Å². The fourth-order valence-electron chi connectivity index (χ4n) is 3.70. The third kappa shape index (κ3) is 7.13. The Morgan fingerprint density at radius 2 is 1.59 bits per heavy atom. The van der Waals surface area contributed by atoms with Crippen molar-refractivity contribution in [1.82, 2.24) is 0 Å². The molecule has 7 nitrogen and oxygen atoms in total. The molecule has 170 valence electrons. The number of benzene rings is 2. The lowest BCUT2D eigenvalue weighted by Crippen LogP contribution is -2.28. The molecule has 3 rings (SSSR count). The Bertz CT molecular complexity index is 927. The molecule has 0 saturated heterocycles. The summed E-state index contributed by atoms with van der Waals surface area (Å²) >= 11 is 0. The minimum absolute atomic E-state index is 0.0659. The zero-order chi connectivity index (χ0) is 22.9. The van der Waals surface area contributed by atoms with E-state index >= 15 is 0 Å². The summed E-state index contributed by atoms with van der Waals surface area (Å²) in [6, 6.07) is 11.9. The number of rotatable bonds is 8. The first kappa shape index (κ1) is 23.3. The highest BCUT2D eigenvalue weighted by atomic mass is 16.5. The smallest absolute Gasteiger partial charge is 0.338 e. The zero-order valence-corrected chi connectivity index (χ0v) is 18.3. The summed E-state index contributed by atoms with van der Waals surface area (Å²) in [7, 11) is 0. The third-order valence-corrected chi connectivity index (χ3v) is 5.27. The van der Waals surface area contributed by atoms with Crippen molar-refractivity contribution in [3.8, 4) is 0 Å². The number of esters is 2. The lowest BCUT2D eigenvalue weighted by Gasteiger charge is -2.28. The van der Waals surface area contributed by atoms with E-state index in [2.05, 4.69) is 0 Å². The van der Waals surface area contributed by atoms with Crippen molar-refractivity contribution >= 4 is 29.4 Å². The predicted octanol–water partition coefficient (Wildman–Crippen LogP) is 4.11. The minimum Gasteiger partial charge on any atom is -0.459 e. The van der Waals surface area contributed by atoms with Crippen molar-refractivity contribution < 1.29 is 23.8 Å². The number of nitrogen functional groups attached to an aromatic ring is 2. The van der Waals surface area contributed by atoms with Crippen molar-refractivity contribution in [2.45, 2.75) is 51.4 Å². The first-order valence-corrected chi connectivity index (χ1v) is 10.9. The molecule has 32 heavy (non-hydrogen) atoms. The van der Waals surface area contributed by atoms with Crippen LogP contribution in [0.2, 0.25) is 0 Å². The normalized spacial score (nSPS) is 18.4. The van der Waals surface area contributed by atoms with Gasteiger partial charge in [0.1, 0.15) is 12.7 Å². The van der Waals surface area contributed by atoms with E-state index in [1.165, 1.54) is 6.08 Å². The molecule has 0 unspecified atom stereocenters. The quantitative estimate of drug-likeness (QED) is 0.362. The minimum atomic E-state index is -0.489. The highest BCUT2D eigenvalue weighted by Gasteiger charge is 2.24. The third-order valence-electron chi connectivity index (χ3n) is 5.27. The number of hydrogen-bond acceptors (Lipinski definition) is 7. The fourth-order valence-corrected chi connectivity index (χ4v) is 3.70. The number of anilines is 2. The molecule has 7 heteroatoms. The summed E-state index contributed by atoms with van der Waals surface area (Å²) in [5.41, 5.74) is 14.5. The van der Waals surface area contributed by atoms with Gasteiger partial charge >= 0.3 is 11.9 Å². The Labute approximate surface area is 188 Å². The van der Waals surface area contributed by atoms with Gasteiger partial charge in [-0.3, -0.25) is 0 Å². The molecule has 0 radical (unpaired) electrons. The van der Waals surface area contributed by atoms with Gasteiger partial charge in [-0.25, -0.2) is 9.59 Å². The van der Waals surface area contributed by atoms with Gasteiger partial charge in [0, 0.05) is 24.1 Å². The lowest BCUT2D eigenvalue weighted by molar-refractivity contribution is -0.138. The summed E-state index contributed by atoms with van der Waals surface area (Å²) in [6.45, 7) is 2.78. The second-order valence-electron chi connectivity index (χ2n) is 7.83. The number of ether oxygens (including phenoxy) is 3. The maximum Gasteiger partial charge on any atom is 0.338 e. The summed E-state index contributed by atoms with van der Waals surface area (Å²) in [5, 5.41) is 0. The SMILES string of the molecule is CCOC1CCC(OC(=O)c2ccc(/C=C/C(=O)OCc3cc(N)cc(N)c3)cc2)CC1. The highest BCUT2D eigenvalue weighted by Crippen LogP contribution is 2.24. The van der Waals surface area contributed by atoms with Gasteiger partial charge in [-0.1, -0.05) is 12.1 Å². The second-order valence-corrected chi connectivity index (χ2v) is 7.83. The standard InChI is InChI=1S/C25H30N2O5/c1-2-30-22-8-10-23(11-9-22)32-25(29)19-6-3-17(4-7-19)5-12-24(28)31-16-18-13-20(26)15-21(27)14-18/h3-7,12-15,22-23H,2,8-11,16,26-27H2,1H3/b12-5+. The Kier molecular flexibility index (Phi) is 8.27. The van der Waals surface area contributed by atoms with Crippen LogP contribution in [-0.2, 0) is 25.6 Å². The number of carbonyl (C=O) groups excluding carboxylic acids is 2. The first-order chi connectivity index (χ1) is 15.4. The van der Waals surface area contributed by atoms with E-state index in [0.717, 1.165) is 36.8 Å². The Morgan fingerprint density at radius 3 is 2.22 bits per heavy atom. The Balaban J connectivity index is 1.45. The Hall–Kier alpha value is -3.32. The molecule has 1 aliphatic carbocycles. The molecule has 0 aromatic heterocycles. The lowest BCUT2D eigenvalue weighted by atomic mass is 9.95. The van der Waals surface area contributed by atoms with E-state index < -0.39 is 5.97 Å². The van der Waals surface area contributed by atoms with Crippen LogP contribution in [0, 0.1) is 0 Å². The number of nitrogens with two attached hydrogens (primary N) is 2. The molecule has 2 aromatic rings. The van der Waals surface area contributed by atoms with Gasteiger partial charge in [0.2, 0.25) is 0 Å². The first-order valence-electron chi connectivity index (χ1n) is 10.9. The van der Waals surface area contributed by atoms with E-state index in [1.807, 2.05) is 6.92 Å². The van der Waals surface area contributed by atoms with Gasteiger partial charge in [-0.2, -0.15) is 0 Å². The second kappa shape index (κ2) is 11.3. The average molecular weight is 439 g/mol. The molecule has 0 aliphatic heterocycles. The number of carbonyl (C=O) groups is 2. The monoisotopic (exact) mass is 438 g/mol. The molecule has 1 saturated carbocycles. The van der Waals surface area contributed by atoms with Crippen LogP contribution >= 0.6 is 0 Å². The molecule has 4 N–H and O–H groups in total. The molecule has 1 aliphatic rings. The molecule has 1 fully saturated rings. The highest BCUT2D eigenvalue weighted by molar-refractivity contribution is 5.90. The van der Waals surface area contributed by atoms with Crippen LogP contribution in [0.5, 0.6) is 0 Å². The summed E-state index contributed by atoms with van der Waals surface area (Å²) in [4.78, 5) is 24.4. The average Bonchev–Trinajstić information content (AvgIpc) is 2.77. The van der Waals surface area contributed by atoms with Crippen molar-refractivity contribution in [2.24, 2.45) is 0 Å². The summed E-state index contributed by atoms with van der Waals surface area (Å²) in [5.74, 6) is -0.821. The van der Waals surface area contributed by atoms with Gasteiger partial charge in [0.15, 0.2) is 0 Å². The number of hydrogen-bond donors (Lipinski definition) is 2. The molecule has 2 aromatic carbocycles. The fraction of sp³-hybridized carbons (Fsp3) is 0.360. The van der Waals surface area contributed by atoms with Crippen LogP contribution in [-0.4, -0.2) is 30.8 Å². The molecule has 0 amide bonds. The van der Waals surface area contributed by atoms with Crippen LogP contribution in [0.15, 0.2) is 48.5 Å². The maximum absolute atomic E-state index is 12.4. The van der Waals surface area contributed by atoms with E-state index in [4.69, 9.17) is 25.7 Å². The maximum atomic E-state index is 12.4. The van der Waals surface area contributed by atoms with Crippen LogP contribution < -0.4 is 11.5 Å². The molecule has 0 bridgehead atoms. The van der Waals surface area contributed by atoms with Crippen LogP contribution in [0.4, 0.5) is 11.4 Å². The summed E-state index contributed by atoms with van der Waals surface area (Å²) in [6.07, 6.45) is 6.64. The summed E-state index contributed by atoms with van der Waals surface area (Å²) < 4.78 is 16.5. The molecule has 0 spiro atoms. The van der Waals surface area contributed by atoms with Gasteiger partial charge < -0.3 is 25.7 Å².